The van der Waals surface area contributed by atoms with Gasteiger partial charge in [-0.25, -0.2) is 4.68 Å². The van der Waals surface area contributed by atoms with Gasteiger partial charge in [-0.1, -0.05) is 13.3 Å². The van der Waals surface area contributed by atoms with Gasteiger partial charge in [-0.3, -0.25) is 10.1 Å². The topological polar surface area (TPSA) is 107 Å². The van der Waals surface area contributed by atoms with Gasteiger partial charge in [-0.15, -0.1) is 0 Å². The third kappa shape index (κ3) is 2.48. The summed E-state index contributed by atoms with van der Waals surface area (Å²) in [5, 5.41) is 23.7. The van der Waals surface area contributed by atoms with E-state index in [4.69, 9.17) is 10.8 Å². The minimum absolute atomic E-state index is 0.0187. The molecule has 0 spiro atoms. The standard InChI is InChI=1S/C9H16N4O3/c1-2-3-4-7-8(13(15)16)9(10)12(11-7)5-6-14/h14H,2-6,10H2,1H3. The number of hydrogen-bond donors (Lipinski definition) is 2. The molecule has 1 aromatic rings. The Hall–Kier alpha value is -1.63. The first-order valence-corrected chi connectivity index (χ1v) is 5.22. The number of nitro groups is 1. The van der Waals surface area contributed by atoms with Crippen LogP contribution in [0.2, 0.25) is 0 Å². The second-order valence-corrected chi connectivity index (χ2v) is 3.49. The Balaban J connectivity index is 3.04. The normalized spacial score (nSPS) is 10.6. The van der Waals surface area contributed by atoms with Gasteiger partial charge in [-0.2, -0.15) is 5.10 Å². The summed E-state index contributed by atoms with van der Waals surface area (Å²) < 4.78 is 1.28. The summed E-state index contributed by atoms with van der Waals surface area (Å²) >= 11 is 0. The Morgan fingerprint density at radius 3 is 2.81 bits per heavy atom. The maximum atomic E-state index is 10.8. The zero-order valence-corrected chi connectivity index (χ0v) is 9.22. The third-order valence-electron chi connectivity index (χ3n) is 2.30. The number of nitrogens with zero attached hydrogens (tertiary/aromatic N) is 3. The second kappa shape index (κ2) is 5.45. The van der Waals surface area contributed by atoms with E-state index in [1.54, 1.807) is 0 Å². The summed E-state index contributed by atoms with van der Waals surface area (Å²) in [4.78, 5) is 10.3. The number of unbranched alkanes of at least 4 members (excludes halogenated alkanes) is 1. The lowest BCUT2D eigenvalue weighted by Gasteiger charge is -1.97. The molecular weight excluding hydrogens is 212 g/mol. The quantitative estimate of drug-likeness (QED) is 0.550. The predicted molar refractivity (Wildman–Crippen MR) is 59.0 cm³/mol. The number of aliphatic hydroxyl groups excluding tert-OH is 1. The molecule has 0 aliphatic carbocycles. The molecule has 7 heteroatoms. The number of anilines is 1. The molecular formula is C9H16N4O3. The van der Waals surface area contributed by atoms with Crippen molar-refractivity contribution in [1.29, 1.82) is 0 Å². The minimum atomic E-state index is -0.513. The fourth-order valence-corrected chi connectivity index (χ4v) is 1.49. The van der Waals surface area contributed by atoms with Gasteiger partial charge in [0.2, 0.25) is 5.82 Å². The molecule has 3 N–H and O–H groups in total. The zero-order chi connectivity index (χ0) is 12.1. The monoisotopic (exact) mass is 228 g/mol. The van der Waals surface area contributed by atoms with Crippen molar-refractivity contribution in [3.05, 3.63) is 15.8 Å². The maximum Gasteiger partial charge on any atom is 0.333 e. The van der Waals surface area contributed by atoms with Crippen LogP contribution in [0.5, 0.6) is 0 Å². The van der Waals surface area contributed by atoms with E-state index in [2.05, 4.69) is 5.10 Å². The molecule has 0 aliphatic heterocycles. The van der Waals surface area contributed by atoms with Gasteiger partial charge < -0.3 is 10.8 Å². The van der Waals surface area contributed by atoms with Gasteiger partial charge in [0.25, 0.3) is 0 Å². The van der Waals surface area contributed by atoms with E-state index in [9.17, 15) is 10.1 Å². The van der Waals surface area contributed by atoms with Crippen LogP contribution in [0.15, 0.2) is 0 Å². The van der Waals surface area contributed by atoms with Crippen molar-refractivity contribution in [1.82, 2.24) is 9.78 Å². The largest absolute Gasteiger partial charge is 0.394 e. The number of aryl methyl sites for hydroxylation is 1. The molecule has 0 aliphatic rings. The molecule has 1 aromatic heterocycles. The van der Waals surface area contributed by atoms with Crippen molar-refractivity contribution in [2.75, 3.05) is 12.3 Å². The molecule has 0 atom stereocenters. The highest BCUT2D eigenvalue weighted by Crippen LogP contribution is 2.26. The summed E-state index contributed by atoms with van der Waals surface area (Å²) in [6.07, 6.45) is 2.30. The molecule has 7 nitrogen and oxygen atoms in total. The smallest absolute Gasteiger partial charge is 0.333 e. The van der Waals surface area contributed by atoms with Crippen LogP contribution in [0.1, 0.15) is 25.5 Å². The number of aromatic nitrogens is 2. The van der Waals surface area contributed by atoms with E-state index >= 15 is 0 Å². The highest BCUT2D eigenvalue weighted by atomic mass is 16.6. The third-order valence-corrected chi connectivity index (χ3v) is 2.30. The Morgan fingerprint density at radius 2 is 2.31 bits per heavy atom. The fraction of sp³-hybridized carbons (Fsp3) is 0.667. The molecule has 0 radical (unpaired) electrons. The van der Waals surface area contributed by atoms with E-state index in [0.29, 0.717) is 12.1 Å². The Labute approximate surface area is 93.0 Å². The van der Waals surface area contributed by atoms with Crippen molar-refractivity contribution in [3.8, 4) is 0 Å². The SMILES string of the molecule is CCCCc1nn(CCO)c(N)c1[N+](=O)[O-]. The van der Waals surface area contributed by atoms with Crippen LogP contribution < -0.4 is 5.73 Å². The average molecular weight is 228 g/mol. The lowest BCUT2D eigenvalue weighted by Crippen LogP contribution is -2.08. The molecule has 90 valence electrons. The molecule has 0 saturated carbocycles. The van der Waals surface area contributed by atoms with E-state index < -0.39 is 4.92 Å². The summed E-state index contributed by atoms with van der Waals surface area (Å²) in [6, 6.07) is 0. The predicted octanol–water partition coefficient (Wildman–Crippen LogP) is 0.708. The molecule has 0 aromatic carbocycles. The number of aliphatic hydroxyl groups is 1. The van der Waals surface area contributed by atoms with Gasteiger partial charge in [-0.05, 0) is 12.8 Å². The van der Waals surface area contributed by atoms with Crippen molar-refractivity contribution in [3.63, 3.8) is 0 Å². The van der Waals surface area contributed by atoms with Crippen LogP contribution in [0.25, 0.3) is 0 Å². The molecule has 1 rings (SSSR count). The highest BCUT2D eigenvalue weighted by Gasteiger charge is 2.24. The number of nitrogen functional groups attached to an aromatic ring is 1. The first-order chi connectivity index (χ1) is 7.61. The number of rotatable bonds is 6. The highest BCUT2D eigenvalue weighted by molar-refractivity contribution is 5.56. The van der Waals surface area contributed by atoms with E-state index in [0.717, 1.165) is 12.8 Å². The van der Waals surface area contributed by atoms with Gasteiger partial charge in [0.1, 0.15) is 5.69 Å². The Bertz CT molecular complexity index is 375. The van der Waals surface area contributed by atoms with Gasteiger partial charge in [0.05, 0.1) is 18.1 Å². The first-order valence-electron chi connectivity index (χ1n) is 5.22. The summed E-state index contributed by atoms with van der Waals surface area (Å²) in [5.74, 6) is 0.0187. The second-order valence-electron chi connectivity index (χ2n) is 3.49. The molecule has 0 unspecified atom stereocenters. The van der Waals surface area contributed by atoms with E-state index in [1.807, 2.05) is 6.92 Å². The van der Waals surface area contributed by atoms with Crippen LogP contribution in [-0.2, 0) is 13.0 Å². The van der Waals surface area contributed by atoms with E-state index in [-0.39, 0.29) is 24.7 Å². The lowest BCUT2D eigenvalue weighted by atomic mass is 10.2. The molecule has 0 bridgehead atoms. The van der Waals surface area contributed by atoms with Crippen molar-refractivity contribution < 1.29 is 10.0 Å². The molecule has 0 saturated heterocycles. The van der Waals surface area contributed by atoms with Crippen molar-refractivity contribution in [2.24, 2.45) is 0 Å². The fourth-order valence-electron chi connectivity index (χ4n) is 1.49. The Morgan fingerprint density at radius 1 is 1.62 bits per heavy atom. The summed E-state index contributed by atoms with van der Waals surface area (Å²) in [6.45, 7) is 2.04. The Kier molecular flexibility index (Phi) is 4.24. The molecule has 0 amide bonds. The lowest BCUT2D eigenvalue weighted by molar-refractivity contribution is -0.384. The van der Waals surface area contributed by atoms with Crippen LogP contribution in [0.3, 0.4) is 0 Å². The number of nitrogens with two attached hydrogens (primary N) is 1. The summed E-state index contributed by atoms with van der Waals surface area (Å²) in [5.41, 5.74) is 5.89. The van der Waals surface area contributed by atoms with Crippen LogP contribution in [0, 0.1) is 10.1 Å². The molecule has 0 fully saturated rings. The van der Waals surface area contributed by atoms with Gasteiger partial charge >= 0.3 is 5.69 Å². The van der Waals surface area contributed by atoms with Crippen LogP contribution >= 0.6 is 0 Å². The molecule has 1 heterocycles. The van der Waals surface area contributed by atoms with Crippen LogP contribution in [-0.4, -0.2) is 26.4 Å². The van der Waals surface area contributed by atoms with Gasteiger partial charge in [0, 0.05) is 0 Å². The maximum absolute atomic E-state index is 10.8. The van der Waals surface area contributed by atoms with E-state index in [1.165, 1.54) is 4.68 Å². The first kappa shape index (κ1) is 12.4. The average Bonchev–Trinajstić information content (AvgIpc) is 2.53. The van der Waals surface area contributed by atoms with Crippen LogP contribution in [0.4, 0.5) is 11.5 Å². The minimum Gasteiger partial charge on any atom is -0.394 e. The van der Waals surface area contributed by atoms with Crippen molar-refractivity contribution in [2.45, 2.75) is 32.7 Å². The molecule has 16 heavy (non-hydrogen) atoms. The number of hydrogen-bond acceptors (Lipinski definition) is 5. The van der Waals surface area contributed by atoms with Gasteiger partial charge in [0.15, 0.2) is 0 Å². The summed E-state index contributed by atoms with van der Waals surface area (Å²) in [7, 11) is 0. The van der Waals surface area contributed by atoms with Crippen molar-refractivity contribution >= 4 is 11.5 Å². The zero-order valence-electron chi connectivity index (χ0n) is 9.22.